The first-order valence-electron chi connectivity index (χ1n) is 9.40. The molecule has 0 aliphatic heterocycles. The zero-order valence-corrected chi connectivity index (χ0v) is 15.7. The molecule has 0 unspecified atom stereocenters. The predicted molar refractivity (Wildman–Crippen MR) is 97.7 cm³/mol. The summed E-state index contributed by atoms with van der Waals surface area (Å²) in [4.78, 5) is 20.4. The molecule has 9 heteroatoms. The maximum Gasteiger partial charge on any atom is 0.345 e. The highest BCUT2D eigenvalue weighted by molar-refractivity contribution is 5.97. The molecule has 0 spiro atoms. The van der Waals surface area contributed by atoms with Crippen LogP contribution in [0, 0.1) is 5.92 Å². The number of amides is 1. The predicted octanol–water partition coefficient (Wildman–Crippen LogP) is 3.14. The third-order valence-electron chi connectivity index (χ3n) is 5.40. The van der Waals surface area contributed by atoms with E-state index in [0.29, 0.717) is 43.4 Å². The Kier molecular flexibility index (Phi) is 5.78. The number of rotatable bonds is 8. The van der Waals surface area contributed by atoms with Crippen LogP contribution >= 0.6 is 0 Å². The summed E-state index contributed by atoms with van der Waals surface area (Å²) >= 11 is 0. The minimum atomic E-state index is -2.73. The van der Waals surface area contributed by atoms with Gasteiger partial charge in [-0.15, -0.1) is 0 Å². The van der Waals surface area contributed by atoms with Crippen molar-refractivity contribution in [3.8, 4) is 0 Å². The van der Waals surface area contributed by atoms with Gasteiger partial charge >= 0.3 is 6.61 Å². The van der Waals surface area contributed by atoms with Gasteiger partial charge in [0.2, 0.25) is 5.95 Å². The largest absolute Gasteiger partial charge is 0.365 e. The summed E-state index contributed by atoms with van der Waals surface area (Å²) in [6, 6.07) is 0.0752. The number of primary amides is 1. The Balaban J connectivity index is 1.66. The van der Waals surface area contributed by atoms with E-state index in [-0.39, 0.29) is 17.1 Å². The highest BCUT2D eigenvalue weighted by Gasteiger charge is 2.38. The second kappa shape index (κ2) is 7.92. The van der Waals surface area contributed by atoms with Crippen LogP contribution in [0.15, 0.2) is 6.20 Å². The average Bonchev–Trinajstić information content (AvgIpc) is 3.41. The third kappa shape index (κ3) is 5.24. The second-order valence-corrected chi connectivity index (χ2v) is 7.96. The first-order valence-corrected chi connectivity index (χ1v) is 9.40. The fourth-order valence-corrected chi connectivity index (χ4v) is 3.61. The molecule has 27 heavy (non-hydrogen) atoms. The average molecular weight is 383 g/mol. The third-order valence-corrected chi connectivity index (χ3v) is 5.40. The lowest BCUT2D eigenvalue weighted by atomic mass is 9.93. The minimum Gasteiger partial charge on any atom is -0.365 e. The van der Waals surface area contributed by atoms with Crippen molar-refractivity contribution < 1.29 is 18.3 Å². The van der Waals surface area contributed by atoms with E-state index in [1.54, 1.807) is 0 Å². The van der Waals surface area contributed by atoms with Crippen LogP contribution < -0.4 is 16.4 Å². The highest BCUT2D eigenvalue weighted by atomic mass is 19.3. The molecule has 0 aromatic carbocycles. The molecule has 0 radical (unpaired) electrons. The van der Waals surface area contributed by atoms with Gasteiger partial charge in [0.1, 0.15) is 5.82 Å². The van der Waals surface area contributed by atoms with Crippen molar-refractivity contribution >= 4 is 17.7 Å². The summed E-state index contributed by atoms with van der Waals surface area (Å²) in [5, 5.41) is 6.58. The minimum absolute atomic E-state index is 0.0752. The van der Waals surface area contributed by atoms with Crippen LogP contribution in [0.4, 0.5) is 20.5 Å². The van der Waals surface area contributed by atoms with Gasteiger partial charge in [-0.2, -0.15) is 13.8 Å². The lowest BCUT2D eigenvalue weighted by Gasteiger charge is -2.30. The van der Waals surface area contributed by atoms with Crippen molar-refractivity contribution in [3.63, 3.8) is 0 Å². The van der Waals surface area contributed by atoms with Gasteiger partial charge in [0.15, 0.2) is 0 Å². The lowest BCUT2D eigenvalue weighted by molar-refractivity contribution is -0.169. The maximum absolute atomic E-state index is 12.3. The van der Waals surface area contributed by atoms with Crippen molar-refractivity contribution in [2.24, 2.45) is 11.7 Å². The zero-order chi connectivity index (χ0) is 19.6. The Morgan fingerprint density at radius 3 is 2.48 bits per heavy atom. The number of carbonyl (C=O) groups excluding carboxylic acids is 1. The smallest absolute Gasteiger partial charge is 0.345 e. The van der Waals surface area contributed by atoms with E-state index in [0.717, 1.165) is 12.8 Å². The molecule has 0 saturated heterocycles. The molecule has 4 N–H and O–H groups in total. The van der Waals surface area contributed by atoms with E-state index in [9.17, 15) is 13.6 Å². The molecule has 2 aliphatic carbocycles. The Bertz CT molecular complexity index is 674. The first kappa shape index (κ1) is 19.7. The summed E-state index contributed by atoms with van der Waals surface area (Å²) in [6.07, 6.45) is 5.80. The topological polar surface area (TPSA) is 102 Å². The van der Waals surface area contributed by atoms with Crippen molar-refractivity contribution in [1.29, 1.82) is 0 Å². The molecule has 2 aliphatic rings. The molecule has 2 saturated carbocycles. The van der Waals surface area contributed by atoms with E-state index in [4.69, 9.17) is 5.73 Å². The number of aromatic nitrogens is 2. The van der Waals surface area contributed by atoms with E-state index in [2.05, 4.69) is 39.2 Å². The molecule has 1 aromatic rings. The van der Waals surface area contributed by atoms with Gasteiger partial charge in [-0.05, 0) is 58.3 Å². The summed E-state index contributed by atoms with van der Waals surface area (Å²) in [7, 11) is 0. The fraction of sp³-hybridized carbons (Fsp3) is 0.722. The number of hydrogen-bond acceptors (Lipinski definition) is 6. The van der Waals surface area contributed by atoms with Crippen molar-refractivity contribution in [2.75, 3.05) is 10.6 Å². The van der Waals surface area contributed by atoms with Crippen LogP contribution in [-0.2, 0) is 4.74 Å². The number of anilines is 2. The molecule has 150 valence electrons. The van der Waals surface area contributed by atoms with Crippen LogP contribution in [0.3, 0.4) is 0 Å². The quantitative estimate of drug-likeness (QED) is 0.637. The molecule has 3 rings (SSSR count). The molecule has 1 amide bonds. The SMILES string of the molecule is CC(C)(Nc1nc(NC2CCC(OC(F)F)CC2)ncc1C(N)=O)C1CC1. The van der Waals surface area contributed by atoms with Gasteiger partial charge < -0.3 is 21.1 Å². The van der Waals surface area contributed by atoms with Crippen molar-refractivity contribution in [2.45, 2.75) is 76.7 Å². The Hall–Kier alpha value is -2.03. The van der Waals surface area contributed by atoms with Gasteiger partial charge in [0.25, 0.3) is 5.91 Å². The number of halogens is 2. The van der Waals surface area contributed by atoms with Crippen LogP contribution in [0.5, 0.6) is 0 Å². The lowest BCUT2D eigenvalue weighted by Crippen LogP contribution is -2.35. The van der Waals surface area contributed by atoms with Crippen LogP contribution in [0.25, 0.3) is 0 Å². The van der Waals surface area contributed by atoms with Gasteiger partial charge in [0, 0.05) is 17.8 Å². The molecule has 2 fully saturated rings. The molecular formula is C18H27F2N5O2. The highest BCUT2D eigenvalue weighted by Crippen LogP contribution is 2.41. The van der Waals surface area contributed by atoms with E-state index < -0.39 is 18.6 Å². The summed E-state index contributed by atoms with van der Waals surface area (Å²) in [5.41, 5.74) is 5.52. The Morgan fingerprint density at radius 1 is 1.26 bits per heavy atom. The summed E-state index contributed by atoms with van der Waals surface area (Å²) in [5.74, 6) is 0.772. The molecule has 1 heterocycles. The van der Waals surface area contributed by atoms with Gasteiger partial charge in [-0.3, -0.25) is 4.79 Å². The fourth-order valence-electron chi connectivity index (χ4n) is 3.61. The summed E-state index contributed by atoms with van der Waals surface area (Å²) in [6.45, 7) is 1.43. The molecule has 7 nitrogen and oxygen atoms in total. The number of carbonyl (C=O) groups is 1. The van der Waals surface area contributed by atoms with Gasteiger partial charge in [-0.25, -0.2) is 4.98 Å². The number of ether oxygens (including phenoxy) is 1. The maximum atomic E-state index is 12.3. The standard InChI is InChI=1S/C18H27F2N5O2/c1-18(2,10-3-4-10)25-15-13(14(21)26)9-22-17(24-15)23-11-5-7-12(8-6-11)27-16(19)20/h9-12,16H,3-8H2,1-2H3,(H2,21,26)(H2,22,23,24,25). The Morgan fingerprint density at radius 2 is 1.93 bits per heavy atom. The van der Waals surface area contributed by atoms with Gasteiger partial charge in [-0.1, -0.05) is 0 Å². The molecule has 1 aromatic heterocycles. The van der Waals surface area contributed by atoms with Crippen LogP contribution in [0.2, 0.25) is 0 Å². The number of hydrogen-bond donors (Lipinski definition) is 3. The second-order valence-electron chi connectivity index (χ2n) is 7.96. The summed E-state index contributed by atoms with van der Waals surface area (Å²) < 4.78 is 29.2. The first-order chi connectivity index (χ1) is 12.7. The zero-order valence-electron chi connectivity index (χ0n) is 15.7. The normalized spacial score (nSPS) is 23.3. The molecule has 0 atom stereocenters. The van der Waals surface area contributed by atoms with E-state index in [1.165, 1.54) is 6.20 Å². The van der Waals surface area contributed by atoms with E-state index >= 15 is 0 Å². The molecule has 0 bridgehead atoms. The number of alkyl halides is 2. The number of nitrogens with one attached hydrogen (secondary N) is 2. The monoisotopic (exact) mass is 383 g/mol. The number of nitrogens with two attached hydrogens (primary N) is 1. The van der Waals surface area contributed by atoms with Gasteiger partial charge in [0.05, 0.1) is 11.7 Å². The van der Waals surface area contributed by atoms with Crippen LogP contribution in [0.1, 0.15) is 62.7 Å². The van der Waals surface area contributed by atoms with Crippen molar-refractivity contribution in [3.05, 3.63) is 11.8 Å². The van der Waals surface area contributed by atoms with Crippen molar-refractivity contribution in [1.82, 2.24) is 9.97 Å². The number of nitrogens with zero attached hydrogens (tertiary/aromatic N) is 2. The Labute approximate surface area is 157 Å². The molecular weight excluding hydrogens is 356 g/mol. The van der Waals surface area contributed by atoms with Crippen LogP contribution in [-0.4, -0.2) is 40.2 Å². The van der Waals surface area contributed by atoms with E-state index in [1.807, 2.05) is 0 Å².